The Kier molecular flexibility index (Phi) is 5.58. The van der Waals surface area contributed by atoms with Gasteiger partial charge in [0.25, 0.3) is 0 Å². The maximum absolute atomic E-state index is 11.1. The van der Waals surface area contributed by atoms with Crippen LogP contribution in [0, 0.1) is 0 Å². The molecule has 0 spiro atoms. The molecule has 1 aromatic rings. The van der Waals surface area contributed by atoms with Crippen molar-refractivity contribution in [2.24, 2.45) is 0 Å². The molecule has 0 amide bonds. The molecule has 0 saturated heterocycles. The van der Waals surface area contributed by atoms with Crippen molar-refractivity contribution in [3.8, 4) is 0 Å². The van der Waals surface area contributed by atoms with Crippen LogP contribution in [0.2, 0.25) is 5.02 Å². The molecule has 0 heterocycles. The minimum Gasteiger partial charge on any atom is -0.481 e. The van der Waals surface area contributed by atoms with Crippen LogP contribution in [0.15, 0.2) is 30.4 Å². The van der Waals surface area contributed by atoms with Crippen LogP contribution >= 0.6 is 11.6 Å². The molecular weight excluding hydrogens is 282 g/mol. The Morgan fingerprint density at radius 1 is 1.35 bits per heavy atom. The molecule has 0 aliphatic carbocycles. The smallest absolute Gasteiger partial charge is 0.337 e. The van der Waals surface area contributed by atoms with Crippen molar-refractivity contribution in [3.63, 3.8) is 0 Å². The molecule has 0 unspecified atom stereocenters. The van der Waals surface area contributed by atoms with E-state index in [0.717, 1.165) is 5.57 Å². The van der Waals surface area contributed by atoms with Crippen molar-refractivity contribution < 1.29 is 19.8 Å². The number of hydrogen-bond acceptors (Lipinski definition) is 3. The Hall–Kier alpha value is -2.01. The Morgan fingerprint density at radius 2 is 2.00 bits per heavy atom. The van der Waals surface area contributed by atoms with E-state index in [1.165, 1.54) is 12.1 Å². The van der Waals surface area contributed by atoms with E-state index in [4.69, 9.17) is 21.8 Å². The Morgan fingerprint density at radius 3 is 2.50 bits per heavy atom. The van der Waals surface area contributed by atoms with E-state index < -0.39 is 11.9 Å². The van der Waals surface area contributed by atoms with Crippen LogP contribution in [0.25, 0.3) is 0 Å². The standard InChI is InChI=1S/C14H16ClNO4/c1-9(2)8-16(6-5-13(17)18)10-3-4-12(15)11(7-10)14(19)20/h3-4,7H,1,5-6,8H2,2H3,(H,17,18)(H,19,20). The van der Waals surface area contributed by atoms with Gasteiger partial charge in [-0.25, -0.2) is 4.79 Å². The second-order valence-corrected chi connectivity index (χ2v) is 4.90. The number of carboxylic acids is 2. The maximum Gasteiger partial charge on any atom is 0.337 e. The molecule has 1 rings (SSSR count). The van der Waals surface area contributed by atoms with Gasteiger partial charge in [-0.15, -0.1) is 0 Å². The molecule has 0 bridgehead atoms. The molecule has 20 heavy (non-hydrogen) atoms. The summed E-state index contributed by atoms with van der Waals surface area (Å²) in [5, 5.41) is 18.0. The number of carboxylic acid groups (broad SMARTS) is 2. The highest BCUT2D eigenvalue weighted by Gasteiger charge is 2.14. The SMILES string of the molecule is C=C(C)CN(CCC(=O)O)c1ccc(Cl)c(C(=O)O)c1. The molecule has 0 atom stereocenters. The summed E-state index contributed by atoms with van der Waals surface area (Å²) in [4.78, 5) is 23.5. The van der Waals surface area contributed by atoms with E-state index in [2.05, 4.69) is 6.58 Å². The molecule has 0 saturated carbocycles. The van der Waals surface area contributed by atoms with Crippen molar-refractivity contribution in [2.75, 3.05) is 18.0 Å². The molecular formula is C14H16ClNO4. The van der Waals surface area contributed by atoms with Gasteiger partial charge in [-0.2, -0.15) is 0 Å². The van der Waals surface area contributed by atoms with E-state index in [-0.39, 0.29) is 23.6 Å². The van der Waals surface area contributed by atoms with Crippen LogP contribution < -0.4 is 4.90 Å². The summed E-state index contributed by atoms with van der Waals surface area (Å²) >= 11 is 5.82. The highest BCUT2D eigenvalue weighted by molar-refractivity contribution is 6.33. The zero-order chi connectivity index (χ0) is 15.3. The molecule has 0 aliphatic heterocycles. The van der Waals surface area contributed by atoms with Crippen molar-refractivity contribution in [1.29, 1.82) is 0 Å². The zero-order valence-electron chi connectivity index (χ0n) is 11.1. The van der Waals surface area contributed by atoms with Crippen LogP contribution in [-0.4, -0.2) is 35.2 Å². The van der Waals surface area contributed by atoms with Gasteiger partial charge in [-0.3, -0.25) is 4.79 Å². The van der Waals surface area contributed by atoms with Crippen LogP contribution in [0.1, 0.15) is 23.7 Å². The molecule has 6 heteroatoms. The van der Waals surface area contributed by atoms with Gasteiger partial charge in [0.15, 0.2) is 0 Å². The predicted octanol–water partition coefficient (Wildman–Crippen LogP) is 2.90. The minimum absolute atomic E-state index is 0.00814. The lowest BCUT2D eigenvalue weighted by Crippen LogP contribution is -2.28. The fraction of sp³-hybridized carbons (Fsp3) is 0.286. The predicted molar refractivity (Wildman–Crippen MR) is 77.7 cm³/mol. The fourth-order valence-electron chi connectivity index (χ4n) is 1.73. The Bertz CT molecular complexity index is 542. The first-order valence-electron chi connectivity index (χ1n) is 5.95. The van der Waals surface area contributed by atoms with Gasteiger partial charge in [-0.05, 0) is 25.1 Å². The lowest BCUT2D eigenvalue weighted by molar-refractivity contribution is -0.136. The average Bonchev–Trinajstić information content (AvgIpc) is 2.34. The second-order valence-electron chi connectivity index (χ2n) is 4.49. The van der Waals surface area contributed by atoms with E-state index in [0.29, 0.717) is 12.2 Å². The summed E-state index contributed by atoms with van der Waals surface area (Å²) in [6.45, 7) is 6.33. The first-order valence-corrected chi connectivity index (χ1v) is 6.33. The highest BCUT2D eigenvalue weighted by atomic mass is 35.5. The topological polar surface area (TPSA) is 77.8 Å². The molecule has 0 radical (unpaired) electrons. The fourth-order valence-corrected chi connectivity index (χ4v) is 1.93. The first kappa shape index (κ1) is 16.0. The Balaban J connectivity index is 3.06. The number of halogens is 1. The number of benzene rings is 1. The number of aromatic carboxylic acids is 1. The number of carbonyl (C=O) groups is 2. The van der Waals surface area contributed by atoms with Gasteiger partial charge in [-0.1, -0.05) is 23.8 Å². The maximum atomic E-state index is 11.1. The number of aliphatic carboxylic acids is 1. The third kappa shape index (κ3) is 4.59. The summed E-state index contributed by atoms with van der Waals surface area (Å²) < 4.78 is 0. The summed E-state index contributed by atoms with van der Waals surface area (Å²) in [6.07, 6.45) is -0.0433. The molecule has 5 nitrogen and oxygen atoms in total. The lowest BCUT2D eigenvalue weighted by atomic mass is 10.1. The summed E-state index contributed by atoms with van der Waals surface area (Å²) in [5.41, 5.74) is 1.45. The largest absolute Gasteiger partial charge is 0.481 e. The number of hydrogen-bond donors (Lipinski definition) is 2. The van der Waals surface area contributed by atoms with Gasteiger partial charge in [0.2, 0.25) is 0 Å². The lowest BCUT2D eigenvalue weighted by Gasteiger charge is -2.25. The van der Waals surface area contributed by atoms with Crippen LogP contribution in [0.3, 0.4) is 0 Å². The van der Waals surface area contributed by atoms with Crippen LogP contribution in [0.4, 0.5) is 5.69 Å². The average molecular weight is 298 g/mol. The third-order valence-electron chi connectivity index (χ3n) is 2.60. The van der Waals surface area contributed by atoms with E-state index >= 15 is 0 Å². The zero-order valence-corrected chi connectivity index (χ0v) is 11.9. The van der Waals surface area contributed by atoms with Gasteiger partial charge in [0.05, 0.1) is 17.0 Å². The molecule has 0 aliphatic rings. The van der Waals surface area contributed by atoms with Crippen molar-refractivity contribution in [1.82, 2.24) is 0 Å². The van der Waals surface area contributed by atoms with Crippen LogP contribution in [-0.2, 0) is 4.79 Å². The van der Waals surface area contributed by atoms with Crippen molar-refractivity contribution in [3.05, 3.63) is 40.9 Å². The second kappa shape index (κ2) is 6.96. The quantitative estimate of drug-likeness (QED) is 0.757. The minimum atomic E-state index is -1.12. The Labute approximate surface area is 122 Å². The monoisotopic (exact) mass is 297 g/mol. The number of nitrogens with zero attached hydrogens (tertiary/aromatic N) is 1. The van der Waals surface area contributed by atoms with Crippen molar-refractivity contribution in [2.45, 2.75) is 13.3 Å². The first-order chi connectivity index (χ1) is 9.31. The molecule has 0 fully saturated rings. The van der Waals surface area contributed by atoms with E-state index in [1.54, 1.807) is 11.0 Å². The van der Waals surface area contributed by atoms with E-state index in [1.807, 2.05) is 6.92 Å². The molecule has 108 valence electrons. The van der Waals surface area contributed by atoms with Gasteiger partial charge < -0.3 is 15.1 Å². The van der Waals surface area contributed by atoms with Gasteiger partial charge in [0, 0.05) is 18.8 Å². The number of anilines is 1. The molecule has 0 aromatic heterocycles. The summed E-state index contributed by atoms with van der Waals surface area (Å²) in [7, 11) is 0. The molecule has 1 aromatic carbocycles. The summed E-state index contributed by atoms with van der Waals surface area (Å²) in [5.74, 6) is -2.03. The van der Waals surface area contributed by atoms with Gasteiger partial charge >= 0.3 is 11.9 Å². The number of rotatable bonds is 7. The van der Waals surface area contributed by atoms with Crippen LogP contribution in [0.5, 0.6) is 0 Å². The normalized spacial score (nSPS) is 10.1. The molecule has 2 N–H and O–H groups in total. The highest BCUT2D eigenvalue weighted by Crippen LogP contribution is 2.24. The summed E-state index contributed by atoms with van der Waals surface area (Å²) in [6, 6.07) is 4.60. The van der Waals surface area contributed by atoms with E-state index in [9.17, 15) is 9.59 Å². The third-order valence-corrected chi connectivity index (χ3v) is 2.93. The van der Waals surface area contributed by atoms with Crippen molar-refractivity contribution >= 4 is 29.2 Å². The van der Waals surface area contributed by atoms with Gasteiger partial charge in [0.1, 0.15) is 0 Å².